The predicted octanol–water partition coefficient (Wildman–Crippen LogP) is 7.13. The molecule has 9 heteroatoms. The van der Waals surface area contributed by atoms with Gasteiger partial charge in [0.05, 0.1) is 5.25 Å². The minimum absolute atomic E-state index is 0.147. The molecule has 0 saturated carbocycles. The zero-order valence-electron chi connectivity index (χ0n) is 18.4. The van der Waals surface area contributed by atoms with Crippen molar-refractivity contribution in [3.63, 3.8) is 0 Å². The van der Waals surface area contributed by atoms with Crippen molar-refractivity contribution in [3.05, 3.63) is 103 Å². The van der Waals surface area contributed by atoms with E-state index >= 15 is 0 Å². The van der Waals surface area contributed by atoms with Crippen LogP contribution in [-0.2, 0) is 16.0 Å². The maximum Gasteiger partial charge on any atom is 0.269 e. The van der Waals surface area contributed by atoms with E-state index in [1.807, 2.05) is 25.1 Å². The molecule has 3 aromatic rings. The number of anilines is 2. The van der Waals surface area contributed by atoms with E-state index in [0.29, 0.717) is 27.0 Å². The Labute approximate surface area is 225 Å². The van der Waals surface area contributed by atoms with Crippen molar-refractivity contribution in [2.24, 2.45) is 0 Å². The predicted molar refractivity (Wildman–Crippen MR) is 146 cm³/mol. The first-order valence-electron chi connectivity index (χ1n) is 10.5. The number of hydrogen-bond acceptors (Lipinski definition) is 4. The first-order chi connectivity index (χ1) is 16.8. The molecule has 2 amide bonds. The van der Waals surface area contributed by atoms with Crippen LogP contribution in [0.1, 0.15) is 11.1 Å². The topological polar surface area (TPSA) is 73.2 Å². The van der Waals surface area contributed by atoms with Crippen LogP contribution in [0.4, 0.5) is 11.4 Å². The Morgan fingerprint density at radius 2 is 1.80 bits per heavy atom. The van der Waals surface area contributed by atoms with Gasteiger partial charge in [-0.05, 0) is 73.5 Å². The van der Waals surface area contributed by atoms with Crippen molar-refractivity contribution in [1.29, 1.82) is 5.26 Å². The lowest BCUT2D eigenvalue weighted by Crippen LogP contribution is -2.31. The highest BCUT2D eigenvalue weighted by Crippen LogP contribution is 2.43. The number of thioether (sulfide) groups is 1. The van der Waals surface area contributed by atoms with Crippen molar-refractivity contribution < 1.29 is 9.59 Å². The van der Waals surface area contributed by atoms with Gasteiger partial charge in [0.2, 0.25) is 5.91 Å². The summed E-state index contributed by atoms with van der Waals surface area (Å²) in [4.78, 5) is 28.1. The molecule has 0 aliphatic carbocycles. The second-order valence-corrected chi connectivity index (χ2v) is 10.8. The van der Waals surface area contributed by atoms with E-state index in [0.717, 1.165) is 10.0 Å². The zero-order valence-corrected chi connectivity index (χ0v) is 22.3. The standard InChI is InChI=1S/C26H18BrCl2N3O2S/c1-15-2-7-19(8-3-15)31-24(33)21(14-30)26-32(20-9-4-17(27)5-10-20)25(34)23(35-26)13-16-12-18(28)6-11-22(16)29/h2-12,23H,13H2,1H3,(H,31,33)/b26-21-. The molecule has 1 atom stereocenters. The van der Waals surface area contributed by atoms with Gasteiger partial charge in [-0.1, -0.05) is 68.6 Å². The van der Waals surface area contributed by atoms with E-state index in [9.17, 15) is 14.9 Å². The van der Waals surface area contributed by atoms with Crippen molar-refractivity contribution in [3.8, 4) is 6.07 Å². The van der Waals surface area contributed by atoms with Gasteiger partial charge in [-0.15, -0.1) is 0 Å². The average molecular weight is 587 g/mol. The van der Waals surface area contributed by atoms with E-state index in [1.54, 1.807) is 54.6 Å². The molecule has 5 nitrogen and oxygen atoms in total. The Morgan fingerprint density at radius 1 is 1.11 bits per heavy atom. The summed E-state index contributed by atoms with van der Waals surface area (Å²) in [6, 6.07) is 21.4. The smallest absolute Gasteiger partial charge is 0.269 e. The van der Waals surface area contributed by atoms with E-state index in [2.05, 4.69) is 21.2 Å². The van der Waals surface area contributed by atoms with Crippen LogP contribution in [0.25, 0.3) is 0 Å². The largest absolute Gasteiger partial charge is 0.321 e. The molecule has 1 heterocycles. The Hall–Kier alpha value is -2.76. The molecule has 0 aromatic heterocycles. The third-order valence-electron chi connectivity index (χ3n) is 5.31. The van der Waals surface area contributed by atoms with Gasteiger partial charge in [-0.2, -0.15) is 5.26 Å². The van der Waals surface area contributed by atoms with Gasteiger partial charge in [0.15, 0.2) is 0 Å². The molecule has 1 fully saturated rings. The SMILES string of the molecule is Cc1ccc(NC(=O)/C(C#N)=C2\SC(Cc3cc(Cl)ccc3Cl)C(=O)N2c2ccc(Br)cc2)cc1. The van der Waals surface area contributed by atoms with Crippen LogP contribution in [-0.4, -0.2) is 17.1 Å². The molecular weight excluding hydrogens is 569 g/mol. The first-order valence-corrected chi connectivity index (χ1v) is 12.9. The Bertz CT molecular complexity index is 1370. The van der Waals surface area contributed by atoms with Crippen molar-refractivity contribution in [2.45, 2.75) is 18.6 Å². The lowest BCUT2D eigenvalue weighted by Gasteiger charge is -2.19. The van der Waals surface area contributed by atoms with Crippen molar-refractivity contribution >= 4 is 74.1 Å². The molecule has 1 unspecified atom stereocenters. The third-order valence-corrected chi connectivity index (χ3v) is 7.71. The normalized spacial score (nSPS) is 16.7. The number of nitrogens with one attached hydrogen (secondary N) is 1. The minimum atomic E-state index is -0.597. The lowest BCUT2D eigenvalue weighted by molar-refractivity contribution is -0.117. The second-order valence-electron chi connectivity index (χ2n) is 7.81. The molecule has 0 bridgehead atoms. The van der Waals surface area contributed by atoms with E-state index in [-0.39, 0.29) is 22.9 Å². The number of aryl methyl sites for hydroxylation is 1. The Morgan fingerprint density at radius 3 is 2.46 bits per heavy atom. The maximum absolute atomic E-state index is 13.6. The highest BCUT2D eigenvalue weighted by molar-refractivity contribution is 9.10. The molecule has 1 N–H and O–H groups in total. The van der Waals surface area contributed by atoms with Crippen molar-refractivity contribution in [1.82, 2.24) is 0 Å². The number of amides is 2. The monoisotopic (exact) mass is 585 g/mol. The number of nitriles is 1. The summed E-state index contributed by atoms with van der Waals surface area (Å²) in [6.45, 7) is 1.94. The van der Waals surface area contributed by atoms with E-state index in [4.69, 9.17) is 23.2 Å². The van der Waals surface area contributed by atoms with Crippen LogP contribution in [0, 0.1) is 18.3 Å². The average Bonchev–Trinajstić information content (AvgIpc) is 3.14. The maximum atomic E-state index is 13.6. The minimum Gasteiger partial charge on any atom is -0.321 e. The van der Waals surface area contributed by atoms with Gasteiger partial charge in [0.25, 0.3) is 5.91 Å². The number of hydrogen-bond donors (Lipinski definition) is 1. The van der Waals surface area contributed by atoms with Gasteiger partial charge in [0.1, 0.15) is 16.7 Å². The van der Waals surface area contributed by atoms with Gasteiger partial charge in [-0.25, -0.2) is 0 Å². The quantitative estimate of drug-likeness (QED) is 0.255. The molecule has 4 rings (SSSR count). The number of carbonyl (C=O) groups excluding carboxylic acids is 2. The number of benzene rings is 3. The zero-order chi connectivity index (χ0) is 25.1. The third kappa shape index (κ3) is 5.74. The molecule has 1 aliphatic heterocycles. The number of halogens is 3. The van der Waals surface area contributed by atoms with Crippen LogP contribution in [0.15, 0.2) is 81.8 Å². The second kappa shape index (κ2) is 10.9. The van der Waals surface area contributed by atoms with Crippen LogP contribution >= 0.6 is 50.9 Å². The fourth-order valence-electron chi connectivity index (χ4n) is 3.54. The summed E-state index contributed by atoms with van der Waals surface area (Å²) in [5.74, 6) is -0.838. The molecule has 35 heavy (non-hydrogen) atoms. The summed E-state index contributed by atoms with van der Waals surface area (Å²) < 4.78 is 0.839. The summed E-state index contributed by atoms with van der Waals surface area (Å²) in [6.07, 6.45) is 0.289. The highest BCUT2D eigenvalue weighted by atomic mass is 79.9. The molecule has 1 saturated heterocycles. The van der Waals surface area contributed by atoms with Gasteiger partial charge < -0.3 is 5.32 Å². The molecule has 176 valence electrons. The Balaban J connectivity index is 1.73. The highest BCUT2D eigenvalue weighted by Gasteiger charge is 2.41. The van der Waals surface area contributed by atoms with Crippen LogP contribution < -0.4 is 10.2 Å². The molecule has 0 spiro atoms. The van der Waals surface area contributed by atoms with E-state index in [1.165, 1.54) is 16.7 Å². The summed E-state index contributed by atoms with van der Waals surface area (Å²) in [5, 5.41) is 13.4. The Kier molecular flexibility index (Phi) is 7.88. The van der Waals surface area contributed by atoms with Gasteiger partial charge in [0, 0.05) is 25.9 Å². The van der Waals surface area contributed by atoms with Crippen LogP contribution in [0.3, 0.4) is 0 Å². The van der Waals surface area contributed by atoms with Gasteiger partial charge >= 0.3 is 0 Å². The van der Waals surface area contributed by atoms with Crippen LogP contribution in [0.5, 0.6) is 0 Å². The number of nitrogens with zero attached hydrogens (tertiary/aromatic N) is 2. The molecular formula is C26H18BrCl2N3O2S. The lowest BCUT2D eigenvalue weighted by atomic mass is 10.1. The van der Waals surface area contributed by atoms with Crippen LogP contribution in [0.2, 0.25) is 10.0 Å². The first kappa shape index (κ1) is 25.3. The summed E-state index contributed by atoms with van der Waals surface area (Å²) in [7, 11) is 0. The van der Waals surface area contributed by atoms with Crippen molar-refractivity contribution in [2.75, 3.05) is 10.2 Å². The van der Waals surface area contributed by atoms with E-state index < -0.39 is 11.2 Å². The van der Waals surface area contributed by atoms with Gasteiger partial charge in [-0.3, -0.25) is 14.5 Å². The fourth-order valence-corrected chi connectivity index (χ4v) is 5.49. The summed E-state index contributed by atoms with van der Waals surface area (Å²) >= 11 is 17.0. The number of rotatable bonds is 5. The molecule has 1 aliphatic rings. The fraction of sp³-hybridized carbons (Fsp3) is 0.115. The summed E-state index contributed by atoms with van der Waals surface area (Å²) in [5.41, 5.74) is 2.72. The molecule has 0 radical (unpaired) electrons. The number of carbonyl (C=O) groups is 2. The molecule has 3 aromatic carbocycles.